The van der Waals surface area contributed by atoms with Gasteiger partial charge in [-0.05, 0) is 19.8 Å². The first kappa shape index (κ1) is 14.4. The summed E-state index contributed by atoms with van der Waals surface area (Å²) in [7, 11) is 1.40. The van der Waals surface area contributed by atoms with Crippen molar-refractivity contribution in [3.05, 3.63) is 12.0 Å². The Kier molecular flexibility index (Phi) is 4.60. The van der Waals surface area contributed by atoms with Crippen LogP contribution in [0.5, 0.6) is 0 Å². The van der Waals surface area contributed by atoms with E-state index in [9.17, 15) is 9.59 Å². The molecule has 0 atom stereocenters. The topological polar surface area (TPSA) is 81.9 Å². The Morgan fingerprint density at radius 1 is 1.45 bits per heavy atom. The quantitative estimate of drug-likeness (QED) is 0.768. The molecule has 0 N–H and O–H groups in total. The highest BCUT2D eigenvalue weighted by Gasteiger charge is 2.28. The predicted octanol–water partition coefficient (Wildman–Crippen LogP) is 1.24. The van der Waals surface area contributed by atoms with E-state index in [4.69, 9.17) is 13.9 Å². The molecule has 1 fully saturated rings. The molecule has 1 aromatic heterocycles. The number of carbonyl (C=O) groups excluding carboxylic acids is 2. The van der Waals surface area contributed by atoms with E-state index in [2.05, 4.69) is 4.98 Å². The minimum Gasteiger partial charge on any atom is -0.469 e. The van der Waals surface area contributed by atoms with Gasteiger partial charge < -0.3 is 18.8 Å². The molecule has 0 aromatic carbocycles. The van der Waals surface area contributed by atoms with Crippen LogP contribution < -0.4 is 4.90 Å². The molecule has 7 nitrogen and oxygen atoms in total. The number of ether oxygens (including phenoxy) is 2. The van der Waals surface area contributed by atoms with Gasteiger partial charge >= 0.3 is 11.9 Å². The summed E-state index contributed by atoms with van der Waals surface area (Å²) in [5.41, 5.74) is 0.164. The van der Waals surface area contributed by atoms with Crippen molar-refractivity contribution in [3.63, 3.8) is 0 Å². The van der Waals surface area contributed by atoms with Gasteiger partial charge in [0.05, 0.1) is 19.6 Å². The third-order valence-electron chi connectivity index (χ3n) is 3.28. The fourth-order valence-electron chi connectivity index (χ4n) is 2.18. The van der Waals surface area contributed by atoms with E-state index in [1.807, 2.05) is 4.90 Å². The van der Waals surface area contributed by atoms with Crippen LogP contribution in [0, 0.1) is 5.92 Å². The maximum Gasteiger partial charge on any atom is 0.360 e. The lowest BCUT2D eigenvalue weighted by Crippen LogP contribution is -2.36. The number of hydrogen-bond acceptors (Lipinski definition) is 7. The summed E-state index contributed by atoms with van der Waals surface area (Å²) in [6, 6.07) is 0.386. The number of aromatic nitrogens is 1. The lowest BCUT2D eigenvalue weighted by atomic mass is 9.97. The number of carbonyl (C=O) groups is 2. The molecule has 1 saturated heterocycles. The Bertz CT molecular complexity index is 477. The smallest absolute Gasteiger partial charge is 0.360 e. The van der Waals surface area contributed by atoms with Crippen LogP contribution >= 0.6 is 0 Å². The van der Waals surface area contributed by atoms with Crippen LogP contribution in [0.15, 0.2) is 10.7 Å². The van der Waals surface area contributed by atoms with Crippen molar-refractivity contribution in [2.75, 3.05) is 31.7 Å². The number of esters is 2. The molecule has 0 spiro atoms. The number of anilines is 1. The number of hydrogen-bond donors (Lipinski definition) is 0. The minimum absolute atomic E-state index is 0.0734. The average molecular weight is 282 g/mol. The average Bonchev–Trinajstić information content (AvgIpc) is 2.97. The Balaban J connectivity index is 1.94. The molecule has 2 rings (SSSR count). The van der Waals surface area contributed by atoms with Gasteiger partial charge in [0.25, 0.3) is 6.01 Å². The molecule has 0 amide bonds. The highest BCUT2D eigenvalue weighted by Crippen LogP contribution is 2.23. The lowest BCUT2D eigenvalue weighted by Gasteiger charge is -2.29. The van der Waals surface area contributed by atoms with Crippen molar-refractivity contribution in [1.82, 2.24) is 4.98 Å². The molecule has 1 aromatic rings. The molecule has 0 saturated carbocycles. The maximum atomic E-state index is 11.5. The molecule has 0 radical (unpaired) electrons. The molecule has 110 valence electrons. The van der Waals surface area contributed by atoms with Gasteiger partial charge in [-0.25, -0.2) is 4.79 Å². The molecule has 0 unspecified atom stereocenters. The minimum atomic E-state index is -0.494. The standard InChI is InChI=1S/C13H18N2O5/c1-3-19-12(17)10-8-20-13(14-10)15-6-4-9(5-7-15)11(16)18-2/h8-9H,3-7H2,1-2H3. The van der Waals surface area contributed by atoms with Crippen LogP contribution in [0.25, 0.3) is 0 Å². The van der Waals surface area contributed by atoms with E-state index in [-0.39, 0.29) is 17.6 Å². The molecular formula is C13H18N2O5. The van der Waals surface area contributed by atoms with Crippen LogP contribution in [0.3, 0.4) is 0 Å². The van der Waals surface area contributed by atoms with Gasteiger partial charge in [-0.3, -0.25) is 4.79 Å². The monoisotopic (exact) mass is 282 g/mol. The first-order chi connectivity index (χ1) is 9.65. The van der Waals surface area contributed by atoms with Gasteiger partial charge in [0.1, 0.15) is 6.26 Å². The first-order valence-corrected chi connectivity index (χ1v) is 6.61. The van der Waals surface area contributed by atoms with Gasteiger partial charge in [0.2, 0.25) is 0 Å². The molecule has 1 aliphatic rings. The maximum absolute atomic E-state index is 11.5. The first-order valence-electron chi connectivity index (χ1n) is 6.61. The zero-order chi connectivity index (χ0) is 14.5. The Morgan fingerprint density at radius 3 is 2.75 bits per heavy atom. The summed E-state index contributed by atoms with van der Waals surface area (Å²) in [5.74, 6) is -0.744. The van der Waals surface area contributed by atoms with Gasteiger partial charge in [0, 0.05) is 13.1 Å². The zero-order valence-corrected chi connectivity index (χ0v) is 11.6. The van der Waals surface area contributed by atoms with Crippen LogP contribution in [0.2, 0.25) is 0 Å². The summed E-state index contributed by atoms with van der Waals surface area (Å²) in [6.07, 6.45) is 2.66. The summed E-state index contributed by atoms with van der Waals surface area (Å²) in [6.45, 7) is 3.31. The van der Waals surface area contributed by atoms with E-state index in [0.29, 0.717) is 38.6 Å². The second kappa shape index (κ2) is 6.40. The normalized spacial score (nSPS) is 16.0. The van der Waals surface area contributed by atoms with Crippen molar-refractivity contribution in [3.8, 4) is 0 Å². The van der Waals surface area contributed by atoms with Crippen LogP contribution in [0.1, 0.15) is 30.3 Å². The summed E-state index contributed by atoms with van der Waals surface area (Å²) in [5, 5.41) is 0. The summed E-state index contributed by atoms with van der Waals surface area (Å²) >= 11 is 0. The van der Waals surface area contributed by atoms with E-state index < -0.39 is 5.97 Å². The van der Waals surface area contributed by atoms with Crippen LogP contribution in [-0.4, -0.2) is 43.7 Å². The van der Waals surface area contributed by atoms with Gasteiger partial charge in [-0.2, -0.15) is 4.98 Å². The number of rotatable bonds is 4. The van der Waals surface area contributed by atoms with Crippen molar-refractivity contribution < 1.29 is 23.5 Å². The van der Waals surface area contributed by atoms with Gasteiger partial charge in [-0.15, -0.1) is 0 Å². The number of methoxy groups -OCH3 is 1. The van der Waals surface area contributed by atoms with Crippen LogP contribution in [0.4, 0.5) is 6.01 Å². The number of piperidine rings is 1. The molecule has 0 aliphatic carbocycles. The second-order valence-corrected chi connectivity index (χ2v) is 4.52. The predicted molar refractivity (Wildman–Crippen MR) is 69.4 cm³/mol. The number of nitrogens with zero attached hydrogens (tertiary/aromatic N) is 2. The van der Waals surface area contributed by atoms with Gasteiger partial charge in [0.15, 0.2) is 5.69 Å². The fraction of sp³-hybridized carbons (Fsp3) is 0.615. The molecule has 2 heterocycles. The van der Waals surface area contributed by atoms with E-state index in [1.165, 1.54) is 13.4 Å². The molecule has 20 heavy (non-hydrogen) atoms. The lowest BCUT2D eigenvalue weighted by molar-refractivity contribution is -0.146. The Morgan fingerprint density at radius 2 is 2.15 bits per heavy atom. The van der Waals surface area contributed by atoms with Gasteiger partial charge in [-0.1, -0.05) is 0 Å². The van der Waals surface area contributed by atoms with Crippen molar-refractivity contribution >= 4 is 18.0 Å². The largest absolute Gasteiger partial charge is 0.469 e. The van der Waals surface area contributed by atoms with E-state index in [1.54, 1.807) is 6.92 Å². The van der Waals surface area contributed by atoms with Crippen LogP contribution in [-0.2, 0) is 14.3 Å². The molecule has 1 aliphatic heterocycles. The Labute approximate surface area is 116 Å². The third-order valence-corrected chi connectivity index (χ3v) is 3.28. The summed E-state index contributed by atoms with van der Waals surface area (Å²) in [4.78, 5) is 28.9. The third kappa shape index (κ3) is 3.09. The second-order valence-electron chi connectivity index (χ2n) is 4.52. The zero-order valence-electron chi connectivity index (χ0n) is 11.6. The highest BCUT2D eigenvalue weighted by molar-refractivity contribution is 5.87. The molecular weight excluding hydrogens is 264 g/mol. The number of oxazole rings is 1. The van der Waals surface area contributed by atoms with Crippen molar-refractivity contribution in [1.29, 1.82) is 0 Å². The highest BCUT2D eigenvalue weighted by atomic mass is 16.5. The molecule has 7 heteroatoms. The molecule has 0 bridgehead atoms. The Hall–Kier alpha value is -2.05. The fourth-order valence-corrected chi connectivity index (χ4v) is 2.18. The summed E-state index contributed by atoms with van der Waals surface area (Å²) < 4.78 is 14.9. The van der Waals surface area contributed by atoms with Crippen molar-refractivity contribution in [2.45, 2.75) is 19.8 Å². The van der Waals surface area contributed by atoms with E-state index in [0.717, 1.165) is 0 Å². The SMILES string of the molecule is CCOC(=O)c1coc(N2CCC(C(=O)OC)CC2)n1. The van der Waals surface area contributed by atoms with Crippen molar-refractivity contribution in [2.24, 2.45) is 5.92 Å². The van der Waals surface area contributed by atoms with E-state index >= 15 is 0 Å².